The maximum absolute atomic E-state index is 11.1. The van der Waals surface area contributed by atoms with Crippen LogP contribution >= 0.6 is 0 Å². The zero-order valence-electron chi connectivity index (χ0n) is 11.0. The van der Waals surface area contributed by atoms with Crippen LogP contribution in [0.2, 0.25) is 0 Å². The third-order valence-corrected chi connectivity index (χ3v) is 3.56. The molecular weight excluding hydrogens is 238 g/mol. The molecule has 3 nitrogen and oxygen atoms in total. The molecule has 3 heteroatoms. The average molecular weight is 257 g/mol. The van der Waals surface area contributed by atoms with Crippen molar-refractivity contribution in [1.82, 2.24) is 5.32 Å². The topological polar surface area (TPSA) is 46.2 Å². The van der Waals surface area contributed by atoms with E-state index in [2.05, 4.69) is 5.32 Å². The minimum absolute atomic E-state index is 0.191. The third-order valence-electron chi connectivity index (χ3n) is 3.56. The second kappa shape index (κ2) is 6.88. The first-order chi connectivity index (χ1) is 9.35. The number of benzene rings is 1. The number of nitrogens with one attached hydrogen (secondary N) is 1. The summed E-state index contributed by atoms with van der Waals surface area (Å²) >= 11 is 0. The zero-order valence-corrected chi connectivity index (χ0v) is 11.0. The summed E-state index contributed by atoms with van der Waals surface area (Å²) < 4.78 is 0. The molecule has 1 aromatic carbocycles. The smallest absolute Gasteiger partial charge is 0.155 e. The van der Waals surface area contributed by atoms with Crippen LogP contribution in [-0.2, 0) is 9.59 Å². The molecule has 0 radical (unpaired) electrons. The van der Waals surface area contributed by atoms with Gasteiger partial charge in [-0.3, -0.25) is 9.59 Å². The first-order valence-electron chi connectivity index (χ1n) is 6.81. The molecule has 2 rings (SSSR count). The van der Waals surface area contributed by atoms with Crippen molar-refractivity contribution < 1.29 is 9.59 Å². The van der Waals surface area contributed by atoms with Crippen molar-refractivity contribution in [3.8, 4) is 0 Å². The molecule has 0 amide bonds. The molecular formula is C16H19NO2. The number of rotatable bonds is 5. The first-order valence-corrected chi connectivity index (χ1v) is 6.81. The van der Waals surface area contributed by atoms with Gasteiger partial charge >= 0.3 is 0 Å². The number of hydrogen-bond acceptors (Lipinski definition) is 3. The van der Waals surface area contributed by atoms with Gasteiger partial charge in [0, 0.05) is 6.04 Å². The molecule has 0 bridgehead atoms. The van der Waals surface area contributed by atoms with Crippen molar-refractivity contribution >= 4 is 18.3 Å². The standard InChI is InChI=1S/C16H19NO2/c18-11-14(12-19)16(13-7-3-1-4-8-13)17-15-9-5-2-6-10-15/h1,3-4,7-8,11-12,15,17H,2,5-6,9-10H2. The highest BCUT2D eigenvalue weighted by molar-refractivity contribution is 6.07. The Kier molecular flexibility index (Phi) is 4.90. The molecule has 1 aliphatic carbocycles. The van der Waals surface area contributed by atoms with Gasteiger partial charge in [-0.05, 0) is 18.4 Å². The van der Waals surface area contributed by atoms with Crippen LogP contribution in [0.4, 0.5) is 0 Å². The van der Waals surface area contributed by atoms with E-state index in [1.165, 1.54) is 19.3 Å². The number of allylic oxidation sites excluding steroid dienone is 1. The summed E-state index contributed by atoms with van der Waals surface area (Å²) in [5.41, 5.74) is 1.75. The van der Waals surface area contributed by atoms with Gasteiger partial charge in [-0.25, -0.2) is 0 Å². The van der Waals surface area contributed by atoms with E-state index in [1.807, 2.05) is 30.3 Å². The Balaban J connectivity index is 2.27. The molecule has 19 heavy (non-hydrogen) atoms. The van der Waals surface area contributed by atoms with E-state index in [1.54, 1.807) is 0 Å². The van der Waals surface area contributed by atoms with E-state index in [4.69, 9.17) is 0 Å². The summed E-state index contributed by atoms with van der Waals surface area (Å²) in [6.45, 7) is 0. The first kappa shape index (κ1) is 13.5. The normalized spacial score (nSPS) is 15.6. The van der Waals surface area contributed by atoms with Gasteiger partial charge in [-0.1, -0.05) is 49.6 Å². The van der Waals surface area contributed by atoms with Gasteiger partial charge in [0.1, 0.15) is 0 Å². The summed E-state index contributed by atoms with van der Waals surface area (Å²) in [5.74, 6) is 0. The van der Waals surface area contributed by atoms with Crippen LogP contribution in [0.1, 0.15) is 37.7 Å². The van der Waals surface area contributed by atoms with Gasteiger partial charge in [0.25, 0.3) is 0 Å². The van der Waals surface area contributed by atoms with Gasteiger partial charge in [0.15, 0.2) is 12.6 Å². The second-order valence-electron chi connectivity index (χ2n) is 4.91. The monoisotopic (exact) mass is 257 g/mol. The Morgan fingerprint density at radius 1 is 1.00 bits per heavy atom. The van der Waals surface area contributed by atoms with Crippen molar-refractivity contribution in [2.45, 2.75) is 38.1 Å². The highest BCUT2D eigenvalue weighted by atomic mass is 16.1. The lowest BCUT2D eigenvalue weighted by Crippen LogP contribution is -2.30. The summed E-state index contributed by atoms with van der Waals surface area (Å²) in [4.78, 5) is 22.1. The van der Waals surface area contributed by atoms with Crippen molar-refractivity contribution in [3.05, 3.63) is 41.5 Å². The molecule has 1 saturated carbocycles. The van der Waals surface area contributed by atoms with Crippen molar-refractivity contribution in [2.24, 2.45) is 0 Å². The highest BCUT2D eigenvalue weighted by Gasteiger charge is 2.17. The summed E-state index contributed by atoms with van der Waals surface area (Å²) in [6.07, 6.45) is 7.14. The molecule has 0 aliphatic heterocycles. The van der Waals surface area contributed by atoms with E-state index in [0.29, 0.717) is 24.3 Å². The number of carbonyl (C=O) groups excluding carboxylic acids is 2. The molecule has 1 fully saturated rings. The highest BCUT2D eigenvalue weighted by Crippen LogP contribution is 2.22. The van der Waals surface area contributed by atoms with Crippen LogP contribution in [0, 0.1) is 0 Å². The maximum Gasteiger partial charge on any atom is 0.155 e. The third kappa shape index (κ3) is 3.53. The van der Waals surface area contributed by atoms with E-state index >= 15 is 0 Å². The van der Waals surface area contributed by atoms with Crippen LogP contribution in [0.3, 0.4) is 0 Å². The van der Waals surface area contributed by atoms with Gasteiger partial charge < -0.3 is 5.32 Å². The van der Waals surface area contributed by atoms with Crippen molar-refractivity contribution in [2.75, 3.05) is 0 Å². The lowest BCUT2D eigenvalue weighted by molar-refractivity contribution is -0.109. The Labute approximate surface area is 113 Å². The molecule has 0 aromatic heterocycles. The SMILES string of the molecule is O=CC(C=O)=C(NC1CCCCC1)c1ccccc1. The number of hydrogen-bond donors (Lipinski definition) is 1. The zero-order chi connectivity index (χ0) is 13.5. The maximum atomic E-state index is 11.1. The average Bonchev–Trinajstić information content (AvgIpc) is 2.49. The fraction of sp³-hybridized carbons (Fsp3) is 0.375. The Morgan fingerprint density at radius 2 is 1.63 bits per heavy atom. The molecule has 1 aliphatic rings. The molecule has 0 saturated heterocycles. The van der Waals surface area contributed by atoms with E-state index in [0.717, 1.165) is 18.4 Å². The van der Waals surface area contributed by atoms with Crippen LogP contribution in [0.25, 0.3) is 5.70 Å². The molecule has 0 heterocycles. The van der Waals surface area contributed by atoms with Gasteiger partial charge in [0.05, 0.1) is 11.3 Å². The Hall–Kier alpha value is -1.90. The van der Waals surface area contributed by atoms with Gasteiger partial charge in [0.2, 0.25) is 0 Å². The summed E-state index contributed by atoms with van der Waals surface area (Å²) in [6, 6.07) is 9.93. The largest absolute Gasteiger partial charge is 0.381 e. The van der Waals surface area contributed by atoms with Crippen LogP contribution < -0.4 is 5.32 Å². The second-order valence-corrected chi connectivity index (χ2v) is 4.91. The van der Waals surface area contributed by atoms with Crippen LogP contribution in [-0.4, -0.2) is 18.6 Å². The fourth-order valence-corrected chi connectivity index (χ4v) is 2.53. The number of carbonyl (C=O) groups is 2. The molecule has 100 valence electrons. The van der Waals surface area contributed by atoms with Crippen LogP contribution in [0.15, 0.2) is 35.9 Å². The predicted molar refractivity (Wildman–Crippen MR) is 75.5 cm³/mol. The molecule has 0 atom stereocenters. The Morgan fingerprint density at radius 3 is 2.21 bits per heavy atom. The lowest BCUT2D eigenvalue weighted by atomic mass is 9.94. The van der Waals surface area contributed by atoms with Crippen molar-refractivity contribution in [1.29, 1.82) is 0 Å². The van der Waals surface area contributed by atoms with Gasteiger partial charge in [-0.15, -0.1) is 0 Å². The van der Waals surface area contributed by atoms with Gasteiger partial charge in [-0.2, -0.15) is 0 Å². The minimum atomic E-state index is 0.191. The fourth-order valence-electron chi connectivity index (χ4n) is 2.53. The number of aldehydes is 2. The van der Waals surface area contributed by atoms with E-state index < -0.39 is 0 Å². The molecule has 0 unspecified atom stereocenters. The summed E-state index contributed by atoms with van der Waals surface area (Å²) in [7, 11) is 0. The van der Waals surface area contributed by atoms with E-state index in [9.17, 15) is 9.59 Å². The summed E-state index contributed by atoms with van der Waals surface area (Å²) in [5, 5.41) is 3.39. The van der Waals surface area contributed by atoms with Crippen LogP contribution in [0.5, 0.6) is 0 Å². The molecule has 1 aromatic rings. The van der Waals surface area contributed by atoms with Crippen molar-refractivity contribution in [3.63, 3.8) is 0 Å². The predicted octanol–water partition coefficient (Wildman–Crippen LogP) is 2.72. The quantitative estimate of drug-likeness (QED) is 0.382. The Bertz CT molecular complexity index is 449. The molecule has 1 N–H and O–H groups in total. The van der Waals surface area contributed by atoms with E-state index in [-0.39, 0.29) is 5.57 Å². The molecule has 0 spiro atoms. The minimum Gasteiger partial charge on any atom is -0.381 e. The lowest BCUT2D eigenvalue weighted by Gasteiger charge is -2.26.